The Bertz CT molecular complexity index is 540. The highest BCUT2D eigenvalue weighted by Gasteiger charge is 2.09. The molecular weight excluding hydrogens is 242 g/mol. The molecule has 5 nitrogen and oxygen atoms in total. The minimum atomic E-state index is -0.309. The normalized spacial score (nSPS) is 10.0. The molecule has 0 aliphatic carbocycles. The summed E-state index contributed by atoms with van der Waals surface area (Å²) < 4.78 is 4.61. The van der Waals surface area contributed by atoms with Crippen LogP contribution >= 0.6 is 0 Å². The third-order valence-electron chi connectivity index (χ3n) is 2.71. The molecule has 2 aromatic rings. The van der Waals surface area contributed by atoms with Crippen LogP contribution in [-0.2, 0) is 9.53 Å². The summed E-state index contributed by atoms with van der Waals surface area (Å²) in [6, 6.07) is 13.5. The average Bonchev–Trinajstić information content (AvgIpc) is 2.48. The zero-order valence-corrected chi connectivity index (χ0v) is 10.9. The predicted octanol–water partition coefficient (Wildman–Crippen LogP) is 1.75. The standard InChI is InChI=1S/C14H15N3O2/c1-17(10-14(18)19-2)13-9-8-12(15-16-13)11-6-4-3-5-7-11/h3-9H,10H2,1-2H3. The highest BCUT2D eigenvalue weighted by molar-refractivity contribution is 5.75. The van der Waals surface area contributed by atoms with Gasteiger partial charge in [-0.1, -0.05) is 30.3 Å². The van der Waals surface area contributed by atoms with E-state index < -0.39 is 0 Å². The van der Waals surface area contributed by atoms with Crippen molar-refractivity contribution in [2.24, 2.45) is 0 Å². The van der Waals surface area contributed by atoms with E-state index in [1.165, 1.54) is 7.11 Å². The Balaban J connectivity index is 2.12. The molecule has 5 heteroatoms. The van der Waals surface area contributed by atoms with E-state index >= 15 is 0 Å². The summed E-state index contributed by atoms with van der Waals surface area (Å²) in [6.45, 7) is 0.149. The summed E-state index contributed by atoms with van der Waals surface area (Å²) in [5.41, 5.74) is 1.81. The Labute approximate surface area is 111 Å². The molecule has 0 amide bonds. The van der Waals surface area contributed by atoms with E-state index in [0.717, 1.165) is 11.3 Å². The van der Waals surface area contributed by atoms with Gasteiger partial charge < -0.3 is 9.64 Å². The van der Waals surface area contributed by atoms with Gasteiger partial charge in [0.15, 0.2) is 5.82 Å². The summed E-state index contributed by atoms with van der Waals surface area (Å²) in [7, 11) is 3.13. The van der Waals surface area contributed by atoms with Crippen LogP contribution < -0.4 is 4.90 Å². The van der Waals surface area contributed by atoms with E-state index in [1.807, 2.05) is 42.5 Å². The van der Waals surface area contributed by atoms with Crippen LogP contribution in [0.5, 0.6) is 0 Å². The van der Waals surface area contributed by atoms with Crippen LogP contribution in [0.15, 0.2) is 42.5 Å². The molecule has 0 saturated carbocycles. The lowest BCUT2D eigenvalue weighted by molar-refractivity contribution is -0.138. The number of hydrogen-bond donors (Lipinski definition) is 0. The quantitative estimate of drug-likeness (QED) is 0.781. The topological polar surface area (TPSA) is 55.3 Å². The molecule has 0 saturated heterocycles. The number of hydrogen-bond acceptors (Lipinski definition) is 5. The first-order chi connectivity index (χ1) is 9.20. The van der Waals surface area contributed by atoms with Crippen LogP contribution in [-0.4, -0.2) is 36.9 Å². The molecule has 0 bridgehead atoms. The molecule has 0 atom stereocenters. The fraction of sp³-hybridized carbons (Fsp3) is 0.214. The Kier molecular flexibility index (Phi) is 4.07. The van der Waals surface area contributed by atoms with Crippen molar-refractivity contribution in [2.45, 2.75) is 0 Å². The lowest BCUT2D eigenvalue weighted by Crippen LogP contribution is -2.27. The molecule has 0 N–H and O–H groups in total. The average molecular weight is 257 g/mol. The zero-order chi connectivity index (χ0) is 13.7. The molecule has 0 fully saturated rings. The first-order valence-electron chi connectivity index (χ1n) is 5.88. The second-order valence-corrected chi connectivity index (χ2v) is 4.07. The first kappa shape index (κ1) is 13.0. The zero-order valence-electron chi connectivity index (χ0n) is 10.9. The Hall–Kier alpha value is -2.43. The van der Waals surface area contributed by atoms with Crippen LogP contribution in [0, 0.1) is 0 Å². The van der Waals surface area contributed by atoms with E-state index in [0.29, 0.717) is 5.82 Å². The summed E-state index contributed by atoms with van der Waals surface area (Å²) in [4.78, 5) is 12.9. The van der Waals surface area contributed by atoms with Crippen molar-refractivity contribution in [1.82, 2.24) is 10.2 Å². The number of esters is 1. The number of methoxy groups -OCH3 is 1. The Morgan fingerprint density at radius 3 is 2.47 bits per heavy atom. The van der Waals surface area contributed by atoms with Crippen molar-refractivity contribution in [1.29, 1.82) is 0 Å². The third-order valence-corrected chi connectivity index (χ3v) is 2.71. The van der Waals surface area contributed by atoms with Crippen LogP contribution in [0.25, 0.3) is 11.3 Å². The number of ether oxygens (including phenoxy) is 1. The number of nitrogens with zero attached hydrogens (tertiary/aromatic N) is 3. The van der Waals surface area contributed by atoms with Crippen molar-refractivity contribution in [2.75, 3.05) is 25.6 Å². The van der Waals surface area contributed by atoms with Crippen molar-refractivity contribution < 1.29 is 9.53 Å². The number of carbonyl (C=O) groups is 1. The largest absolute Gasteiger partial charge is 0.468 e. The van der Waals surface area contributed by atoms with E-state index in [4.69, 9.17) is 0 Å². The maximum atomic E-state index is 11.2. The van der Waals surface area contributed by atoms with E-state index in [9.17, 15) is 4.79 Å². The van der Waals surface area contributed by atoms with Crippen molar-refractivity contribution >= 4 is 11.8 Å². The molecule has 19 heavy (non-hydrogen) atoms. The number of benzene rings is 1. The highest BCUT2D eigenvalue weighted by Crippen LogP contribution is 2.17. The van der Waals surface area contributed by atoms with Gasteiger partial charge in [-0.2, -0.15) is 0 Å². The summed E-state index contributed by atoms with van der Waals surface area (Å²) >= 11 is 0. The van der Waals surface area contributed by atoms with Gasteiger partial charge in [-0.25, -0.2) is 0 Å². The summed E-state index contributed by atoms with van der Waals surface area (Å²) in [5.74, 6) is 0.321. The first-order valence-corrected chi connectivity index (χ1v) is 5.88. The van der Waals surface area contributed by atoms with E-state index in [2.05, 4.69) is 14.9 Å². The number of rotatable bonds is 4. The molecule has 0 aliphatic rings. The number of aromatic nitrogens is 2. The lowest BCUT2D eigenvalue weighted by Gasteiger charge is -2.15. The maximum Gasteiger partial charge on any atom is 0.325 e. The van der Waals surface area contributed by atoms with E-state index in [1.54, 1.807) is 11.9 Å². The van der Waals surface area contributed by atoms with Crippen LogP contribution in [0.1, 0.15) is 0 Å². The van der Waals surface area contributed by atoms with Gasteiger partial charge >= 0.3 is 5.97 Å². The molecule has 1 heterocycles. The van der Waals surface area contributed by atoms with Crippen molar-refractivity contribution in [3.8, 4) is 11.3 Å². The number of likely N-dealkylation sites (N-methyl/N-ethyl adjacent to an activating group) is 1. The van der Waals surface area contributed by atoms with Crippen LogP contribution in [0.4, 0.5) is 5.82 Å². The Morgan fingerprint density at radius 1 is 1.16 bits per heavy atom. The Morgan fingerprint density at radius 2 is 1.89 bits per heavy atom. The maximum absolute atomic E-state index is 11.2. The minimum Gasteiger partial charge on any atom is -0.468 e. The highest BCUT2D eigenvalue weighted by atomic mass is 16.5. The van der Waals surface area contributed by atoms with Gasteiger partial charge in [0.25, 0.3) is 0 Å². The minimum absolute atomic E-state index is 0.149. The molecule has 0 unspecified atom stereocenters. The number of carbonyl (C=O) groups excluding carboxylic acids is 1. The fourth-order valence-corrected chi connectivity index (χ4v) is 1.63. The molecule has 2 rings (SSSR count). The van der Waals surface area contributed by atoms with Gasteiger partial charge in [0.1, 0.15) is 6.54 Å². The molecule has 0 radical (unpaired) electrons. The van der Waals surface area contributed by atoms with Gasteiger partial charge in [0.05, 0.1) is 12.8 Å². The van der Waals surface area contributed by atoms with Gasteiger partial charge in [-0.15, -0.1) is 10.2 Å². The van der Waals surface area contributed by atoms with Gasteiger partial charge in [0, 0.05) is 12.6 Å². The second kappa shape index (κ2) is 5.95. The summed E-state index contributed by atoms with van der Waals surface area (Å²) in [6.07, 6.45) is 0. The summed E-state index contributed by atoms with van der Waals surface area (Å²) in [5, 5.41) is 8.27. The van der Waals surface area contributed by atoms with Gasteiger partial charge in [-0.05, 0) is 12.1 Å². The van der Waals surface area contributed by atoms with Crippen molar-refractivity contribution in [3.63, 3.8) is 0 Å². The fourth-order valence-electron chi connectivity index (χ4n) is 1.63. The van der Waals surface area contributed by atoms with Gasteiger partial charge in [-0.3, -0.25) is 4.79 Å². The molecule has 1 aromatic heterocycles. The molecule has 1 aromatic carbocycles. The molecule has 0 aliphatic heterocycles. The lowest BCUT2D eigenvalue weighted by atomic mass is 10.1. The smallest absolute Gasteiger partial charge is 0.325 e. The third kappa shape index (κ3) is 3.28. The monoisotopic (exact) mass is 257 g/mol. The molecule has 0 spiro atoms. The number of anilines is 1. The van der Waals surface area contributed by atoms with Crippen molar-refractivity contribution in [3.05, 3.63) is 42.5 Å². The predicted molar refractivity (Wildman–Crippen MR) is 72.8 cm³/mol. The molecule has 98 valence electrons. The molecular formula is C14H15N3O2. The van der Waals surface area contributed by atoms with Gasteiger partial charge in [0.2, 0.25) is 0 Å². The SMILES string of the molecule is COC(=O)CN(C)c1ccc(-c2ccccc2)nn1. The van der Waals surface area contributed by atoms with Crippen LogP contribution in [0.3, 0.4) is 0 Å². The second-order valence-electron chi connectivity index (χ2n) is 4.07. The van der Waals surface area contributed by atoms with E-state index in [-0.39, 0.29) is 12.5 Å². The van der Waals surface area contributed by atoms with Crippen LogP contribution in [0.2, 0.25) is 0 Å².